The van der Waals surface area contributed by atoms with E-state index in [-0.39, 0.29) is 24.7 Å². The van der Waals surface area contributed by atoms with Gasteiger partial charge in [0.2, 0.25) is 0 Å². The molecule has 0 bridgehead atoms. The summed E-state index contributed by atoms with van der Waals surface area (Å²) in [6.45, 7) is 7.17. The summed E-state index contributed by atoms with van der Waals surface area (Å²) in [4.78, 5) is 23.6. The zero-order chi connectivity index (χ0) is 15.8. The lowest BCUT2D eigenvalue weighted by Gasteiger charge is -2.15. The molecule has 0 heterocycles. The van der Waals surface area contributed by atoms with Gasteiger partial charge in [-0.1, -0.05) is 25.6 Å². The molecule has 0 aliphatic rings. The minimum atomic E-state index is -0.563. The molecule has 0 saturated heterocycles. The standard InChI is InChI=1S/C16H21NO4/c1-4-7-15(19)12-8-6-9-14(13(12)10-18)17-11(3)16(20)21-5-2/h6,8-9,17-18H,3-5,7,10H2,1-2H3. The average molecular weight is 291 g/mol. The first-order valence-corrected chi connectivity index (χ1v) is 6.94. The van der Waals surface area contributed by atoms with Crippen molar-refractivity contribution in [3.8, 4) is 0 Å². The molecule has 0 aliphatic heterocycles. The first-order valence-electron chi connectivity index (χ1n) is 6.94. The Morgan fingerprint density at radius 3 is 2.62 bits per heavy atom. The third-order valence-corrected chi connectivity index (χ3v) is 2.92. The van der Waals surface area contributed by atoms with E-state index in [1.165, 1.54) is 0 Å². The number of carbonyl (C=O) groups excluding carboxylic acids is 2. The topological polar surface area (TPSA) is 75.6 Å². The Hall–Kier alpha value is -2.14. The lowest BCUT2D eigenvalue weighted by atomic mass is 9.99. The van der Waals surface area contributed by atoms with Gasteiger partial charge in [0, 0.05) is 23.2 Å². The number of nitrogens with one attached hydrogen (secondary N) is 1. The Morgan fingerprint density at radius 2 is 2.05 bits per heavy atom. The zero-order valence-electron chi connectivity index (χ0n) is 12.4. The number of carbonyl (C=O) groups is 2. The van der Waals surface area contributed by atoms with Gasteiger partial charge in [-0.15, -0.1) is 0 Å². The predicted molar refractivity (Wildman–Crippen MR) is 81.0 cm³/mol. The number of ketones is 1. The molecule has 5 heteroatoms. The van der Waals surface area contributed by atoms with E-state index in [4.69, 9.17) is 4.74 Å². The van der Waals surface area contributed by atoms with E-state index >= 15 is 0 Å². The number of hydrogen-bond donors (Lipinski definition) is 2. The van der Waals surface area contributed by atoms with Crippen molar-refractivity contribution in [2.75, 3.05) is 11.9 Å². The van der Waals surface area contributed by atoms with E-state index < -0.39 is 5.97 Å². The molecular weight excluding hydrogens is 270 g/mol. The van der Waals surface area contributed by atoms with Crippen LogP contribution in [0.25, 0.3) is 0 Å². The van der Waals surface area contributed by atoms with Gasteiger partial charge in [-0.3, -0.25) is 4.79 Å². The summed E-state index contributed by atoms with van der Waals surface area (Å²) < 4.78 is 4.84. The molecule has 21 heavy (non-hydrogen) atoms. The molecule has 1 aromatic rings. The highest BCUT2D eigenvalue weighted by atomic mass is 16.5. The molecule has 0 radical (unpaired) electrons. The van der Waals surface area contributed by atoms with Crippen molar-refractivity contribution in [3.05, 3.63) is 41.6 Å². The quantitative estimate of drug-likeness (QED) is 0.437. The van der Waals surface area contributed by atoms with Crippen molar-refractivity contribution in [1.82, 2.24) is 0 Å². The molecule has 0 spiro atoms. The van der Waals surface area contributed by atoms with Gasteiger partial charge >= 0.3 is 5.97 Å². The first kappa shape index (κ1) is 16.9. The van der Waals surface area contributed by atoms with Crippen LogP contribution < -0.4 is 5.32 Å². The molecule has 1 rings (SSSR count). The molecule has 0 unspecified atom stereocenters. The summed E-state index contributed by atoms with van der Waals surface area (Å²) in [5.74, 6) is -0.598. The molecule has 0 amide bonds. The van der Waals surface area contributed by atoms with Crippen molar-refractivity contribution in [2.24, 2.45) is 0 Å². The molecule has 0 saturated carbocycles. The number of aliphatic hydroxyl groups excluding tert-OH is 1. The summed E-state index contributed by atoms with van der Waals surface area (Å²) in [6.07, 6.45) is 1.15. The van der Waals surface area contributed by atoms with E-state index in [2.05, 4.69) is 11.9 Å². The van der Waals surface area contributed by atoms with Crippen molar-refractivity contribution >= 4 is 17.4 Å². The molecule has 2 N–H and O–H groups in total. The Labute approximate surface area is 124 Å². The van der Waals surface area contributed by atoms with Crippen molar-refractivity contribution in [3.63, 3.8) is 0 Å². The third kappa shape index (κ3) is 4.43. The fraction of sp³-hybridized carbons (Fsp3) is 0.375. The maximum atomic E-state index is 12.0. The van der Waals surface area contributed by atoms with Gasteiger partial charge in [0.1, 0.15) is 5.70 Å². The van der Waals surface area contributed by atoms with Crippen LogP contribution in [-0.2, 0) is 16.1 Å². The van der Waals surface area contributed by atoms with E-state index in [0.717, 1.165) is 6.42 Å². The number of rotatable bonds is 8. The highest BCUT2D eigenvalue weighted by molar-refractivity contribution is 5.99. The number of aliphatic hydroxyl groups is 1. The van der Waals surface area contributed by atoms with Crippen LogP contribution in [0.2, 0.25) is 0 Å². The molecule has 0 aliphatic carbocycles. The lowest BCUT2D eigenvalue weighted by molar-refractivity contribution is -0.138. The first-order chi connectivity index (χ1) is 10.0. The van der Waals surface area contributed by atoms with Gasteiger partial charge in [-0.25, -0.2) is 4.79 Å². The average Bonchev–Trinajstić information content (AvgIpc) is 2.47. The Balaban J connectivity index is 3.03. The lowest BCUT2D eigenvalue weighted by Crippen LogP contribution is -2.15. The number of Topliss-reactive ketones (excluding diaryl/α,β-unsaturated/α-hetero) is 1. The number of esters is 1. The van der Waals surface area contributed by atoms with Gasteiger partial charge < -0.3 is 15.2 Å². The molecule has 0 atom stereocenters. The van der Waals surface area contributed by atoms with Gasteiger partial charge in [0.15, 0.2) is 5.78 Å². The smallest absolute Gasteiger partial charge is 0.354 e. The summed E-state index contributed by atoms with van der Waals surface area (Å²) in [7, 11) is 0. The van der Waals surface area contributed by atoms with Gasteiger partial charge in [-0.2, -0.15) is 0 Å². The van der Waals surface area contributed by atoms with Crippen molar-refractivity contribution in [1.29, 1.82) is 0 Å². The minimum Gasteiger partial charge on any atom is -0.461 e. The van der Waals surface area contributed by atoms with E-state index in [1.54, 1.807) is 25.1 Å². The zero-order valence-corrected chi connectivity index (χ0v) is 12.4. The van der Waals surface area contributed by atoms with Crippen molar-refractivity contribution in [2.45, 2.75) is 33.3 Å². The van der Waals surface area contributed by atoms with E-state index in [1.807, 2.05) is 6.92 Å². The second-order valence-electron chi connectivity index (χ2n) is 4.49. The van der Waals surface area contributed by atoms with Crippen LogP contribution in [0.1, 0.15) is 42.6 Å². The van der Waals surface area contributed by atoms with E-state index in [9.17, 15) is 14.7 Å². The highest BCUT2D eigenvalue weighted by Gasteiger charge is 2.16. The third-order valence-electron chi connectivity index (χ3n) is 2.92. The Bertz CT molecular complexity index is 537. The van der Waals surface area contributed by atoms with Crippen LogP contribution in [0.3, 0.4) is 0 Å². The second kappa shape index (κ2) is 8.21. The fourth-order valence-corrected chi connectivity index (χ4v) is 1.93. The largest absolute Gasteiger partial charge is 0.461 e. The molecule has 114 valence electrons. The highest BCUT2D eigenvalue weighted by Crippen LogP contribution is 2.23. The fourth-order valence-electron chi connectivity index (χ4n) is 1.93. The SMILES string of the molecule is C=C(Nc1cccc(C(=O)CCC)c1CO)C(=O)OCC. The number of benzene rings is 1. The Morgan fingerprint density at radius 1 is 1.33 bits per heavy atom. The van der Waals surface area contributed by atoms with Crippen LogP contribution >= 0.6 is 0 Å². The molecule has 0 aromatic heterocycles. The van der Waals surface area contributed by atoms with Gasteiger partial charge in [0.05, 0.1) is 13.2 Å². The van der Waals surface area contributed by atoms with Gasteiger partial charge in [-0.05, 0) is 19.4 Å². The van der Waals surface area contributed by atoms with Crippen LogP contribution in [0.4, 0.5) is 5.69 Å². The number of anilines is 1. The summed E-state index contributed by atoms with van der Waals surface area (Å²) in [5, 5.41) is 12.3. The molecule has 5 nitrogen and oxygen atoms in total. The van der Waals surface area contributed by atoms with Crippen LogP contribution in [0, 0.1) is 0 Å². The summed E-state index contributed by atoms with van der Waals surface area (Å²) in [5.41, 5.74) is 1.46. The maximum absolute atomic E-state index is 12.0. The molecule has 0 fully saturated rings. The summed E-state index contributed by atoms with van der Waals surface area (Å²) in [6, 6.07) is 5.04. The Kier molecular flexibility index (Phi) is 6.62. The molecular formula is C16H21NO4. The predicted octanol–water partition coefficient (Wildman–Crippen LogP) is 2.65. The number of ether oxygens (including phenoxy) is 1. The summed E-state index contributed by atoms with van der Waals surface area (Å²) >= 11 is 0. The van der Waals surface area contributed by atoms with Crippen molar-refractivity contribution < 1.29 is 19.4 Å². The van der Waals surface area contributed by atoms with Crippen LogP contribution in [-0.4, -0.2) is 23.5 Å². The second-order valence-corrected chi connectivity index (χ2v) is 4.49. The van der Waals surface area contributed by atoms with Crippen LogP contribution in [0.15, 0.2) is 30.5 Å². The van der Waals surface area contributed by atoms with Gasteiger partial charge in [0.25, 0.3) is 0 Å². The monoisotopic (exact) mass is 291 g/mol. The number of hydrogen-bond acceptors (Lipinski definition) is 5. The normalized spacial score (nSPS) is 10.0. The van der Waals surface area contributed by atoms with E-state index in [0.29, 0.717) is 23.2 Å². The minimum absolute atomic E-state index is 0.0352. The van der Waals surface area contributed by atoms with Crippen LogP contribution in [0.5, 0.6) is 0 Å². The maximum Gasteiger partial charge on any atom is 0.354 e. The molecule has 1 aromatic carbocycles.